The van der Waals surface area contributed by atoms with Crippen molar-refractivity contribution in [2.24, 2.45) is 5.92 Å². The van der Waals surface area contributed by atoms with Crippen molar-refractivity contribution in [2.75, 3.05) is 47.0 Å². The number of hydrogen-bond donors (Lipinski definition) is 2. The number of aromatic nitrogens is 2. The monoisotopic (exact) mass is 470 g/mol. The molecule has 1 aliphatic rings. The lowest BCUT2D eigenvalue weighted by Gasteiger charge is -2.22. The van der Waals surface area contributed by atoms with Crippen LogP contribution in [-0.2, 0) is 17.5 Å². The van der Waals surface area contributed by atoms with Crippen molar-refractivity contribution in [3.8, 4) is 22.8 Å². The fourth-order valence-electron chi connectivity index (χ4n) is 3.57. The average Bonchev–Trinajstić information content (AvgIpc) is 3.42. The van der Waals surface area contributed by atoms with E-state index >= 15 is 0 Å². The van der Waals surface area contributed by atoms with Crippen LogP contribution in [0.25, 0.3) is 11.3 Å². The van der Waals surface area contributed by atoms with Gasteiger partial charge in [-0.25, -0.2) is 0 Å². The molecule has 1 fully saturated rings. The molecule has 3 rings (SSSR count). The van der Waals surface area contributed by atoms with Crippen molar-refractivity contribution < 1.29 is 27.4 Å². The van der Waals surface area contributed by atoms with Crippen LogP contribution in [0.5, 0.6) is 11.5 Å². The molecule has 1 saturated heterocycles. The van der Waals surface area contributed by atoms with Crippen LogP contribution < -0.4 is 14.8 Å². The van der Waals surface area contributed by atoms with Crippen LogP contribution in [0.3, 0.4) is 0 Å². The van der Waals surface area contributed by atoms with Crippen molar-refractivity contribution in [2.45, 2.75) is 39.1 Å². The van der Waals surface area contributed by atoms with Gasteiger partial charge in [-0.2, -0.15) is 18.3 Å². The normalized spacial score (nSPS) is 16.7. The minimum atomic E-state index is -4.58. The van der Waals surface area contributed by atoms with E-state index in [4.69, 9.17) is 14.2 Å². The third-order valence-electron chi connectivity index (χ3n) is 5.31. The zero-order chi connectivity index (χ0) is 24.0. The number of aromatic amines is 1. The number of ether oxygens (including phenoxy) is 3. The fourth-order valence-corrected chi connectivity index (χ4v) is 3.57. The summed E-state index contributed by atoms with van der Waals surface area (Å²) in [5.41, 5.74) is 0.754. The van der Waals surface area contributed by atoms with Crippen molar-refractivity contribution in [1.29, 1.82) is 0 Å². The minimum Gasteiger partial charge on any atom is -0.493 e. The Balaban J connectivity index is 2.04. The van der Waals surface area contributed by atoms with Gasteiger partial charge in [0.05, 0.1) is 37.3 Å². The number of likely N-dealkylation sites (N-methyl/N-ethyl adjacent to an activating group) is 2. The number of alkyl halides is 3. The molecule has 184 valence electrons. The first-order valence-corrected chi connectivity index (χ1v) is 11.2. The maximum absolute atomic E-state index is 14.0. The molecule has 0 amide bonds. The topological polar surface area (TPSA) is 71.6 Å². The Kier molecular flexibility index (Phi) is 8.61. The Morgan fingerprint density at radius 3 is 2.73 bits per heavy atom. The van der Waals surface area contributed by atoms with E-state index in [1.807, 2.05) is 27.9 Å². The molecule has 33 heavy (non-hydrogen) atoms. The largest absolute Gasteiger partial charge is 0.493 e. The van der Waals surface area contributed by atoms with Crippen LogP contribution in [0.1, 0.15) is 31.4 Å². The number of benzene rings is 1. The van der Waals surface area contributed by atoms with Crippen LogP contribution in [0.4, 0.5) is 13.2 Å². The maximum Gasteiger partial charge on any atom is 0.419 e. The second-order valence-electron chi connectivity index (χ2n) is 8.76. The van der Waals surface area contributed by atoms with Crippen LogP contribution in [0.2, 0.25) is 0 Å². The molecule has 10 heteroatoms. The minimum absolute atomic E-state index is 0.0747. The van der Waals surface area contributed by atoms with Gasteiger partial charge in [0.15, 0.2) is 0 Å². The summed E-state index contributed by atoms with van der Waals surface area (Å²) in [6.45, 7) is 6.98. The molecule has 2 heterocycles. The van der Waals surface area contributed by atoms with Gasteiger partial charge in [0.2, 0.25) is 0 Å². The second-order valence-corrected chi connectivity index (χ2v) is 8.76. The van der Waals surface area contributed by atoms with Crippen LogP contribution in [0.15, 0.2) is 18.3 Å². The van der Waals surface area contributed by atoms with E-state index in [0.717, 1.165) is 24.7 Å². The number of nitrogens with zero attached hydrogens (tertiary/aromatic N) is 2. The Bertz CT molecular complexity index is 896. The van der Waals surface area contributed by atoms with E-state index in [9.17, 15) is 13.2 Å². The third-order valence-corrected chi connectivity index (χ3v) is 5.31. The molecule has 1 unspecified atom stereocenters. The van der Waals surface area contributed by atoms with Crippen molar-refractivity contribution in [3.05, 3.63) is 29.5 Å². The Morgan fingerprint density at radius 2 is 2.09 bits per heavy atom. The predicted octanol–water partition coefficient (Wildman–Crippen LogP) is 3.95. The zero-order valence-electron chi connectivity index (χ0n) is 19.6. The van der Waals surface area contributed by atoms with Crippen LogP contribution in [-0.4, -0.2) is 68.2 Å². The van der Waals surface area contributed by atoms with Gasteiger partial charge in [-0.3, -0.25) is 5.10 Å². The Labute approximate surface area is 192 Å². The Morgan fingerprint density at radius 1 is 1.30 bits per heavy atom. The first-order chi connectivity index (χ1) is 15.7. The van der Waals surface area contributed by atoms with Gasteiger partial charge < -0.3 is 24.4 Å². The van der Waals surface area contributed by atoms with Crippen molar-refractivity contribution in [3.63, 3.8) is 0 Å². The molecule has 1 aliphatic heterocycles. The van der Waals surface area contributed by atoms with Gasteiger partial charge in [-0.15, -0.1) is 0 Å². The molecule has 1 aromatic heterocycles. The summed E-state index contributed by atoms with van der Waals surface area (Å²) >= 11 is 0. The van der Waals surface area contributed by atoms with Gasteiger partial charge in [0.25, 0.3) is 0 Å². The van der Waals surface area contributed by atoms with Crippen molar-refractivity contribution >= 4 is 0 Å². The van der Waals surface area contributed by atoms with Gasteiger partial charge in [-0.05, 0) is 26.1 Å². The highest BCUT2D eigenvalue weighted by Crippen LogP contribution is 2.44. The van der Waals surface area contributed by atoms with E-state index in [2.05, 4.69) is 20.4 Å². The van der Waals surface area contributed by atoms with E-state index in [1.165, 1.54) is 6.07 Å². The Hall–Kier alpha value is -2.30. The van der Waals surface area contributed by atoms with Gasteiger partial charge >= 0.3 is 6.18 Å². The molecule has 7 nitrogen and oxygen atoms in total. The van der Waals surface area contributed by atoms with Crippen LogP contribution >= 0.6 is 0 Å². The summed E-state index contributed by atoms with van der Waals surface area (Å²) in [7, 11) is 3.82. The third kappa shape index (κ3) is 6.84. The van der Waals surface area contributed by atoms with Gasteiger partial charge in [0, 0.05) is 43.2 Å². The molecular weight excluding hydrogens is 437 g/mol. The van der Waals surface area contributed by atoms with E-state index in [1.54, 1.807) is 6.20 Å². The summed E-state index contributed by atoms with van der Waals surface area (Å²) < 4.78 is 59.1. The molecule has 0 spiro atoms. The maximum atomic E-state index is 14.0. The van der Waals surface area contributed by atoms with Gasteiger partial charge in [0.1, 0.15) is 17.6 Å². The summed E-state index contributed by atoms with van der Waals surface area (Å²) in [4.78, 5) is 2.07. The standard InChI is InChI=1S/C23H33F3N4O3/c1-15(2)13-32-21-10-20(33-17-5-8-31-14-17)18(9-19(21)23(24,25)26)22-16(11-28-29-22)12-30(4)7-6-27-3/h9-11,15,17,27H,5-8,12-14H2,1-4H3,(H,28,29). The van der Waals surface area contributed by atoms with E-state index < -0.39 is 11.7 Å². The molecule has 1 aromatic carbocycles. The number of halogens is 3. The number of rotatable bonds is 11. The molecule has 2 N–H and O–H groups in total. The molecule has 2 aromatic rings. The first kappa shape index (κ1) is 25.3. The lowest BCUT2D eigenvalue weighted by molar-refractivity contribution is -0.139. The number of H-pyrrole nitrogens is 1. The molecule has 0 saturated carbocycles. The quantitative estimate of drug-likeness (QED) is 0.518. The molecule has 1 atom stereocenters. The second kappa shape index (κ2) is 11.2. The highest BCUT2D eigenvalue weighted by atomic mass is 19.4. The van der Waals surface area contributed by atoms with Crippen molar-refractivity contribution in [1.82, 2.24) is 20.4 Å². The average molecular weight is 471 g/mol. The predicted molar refractivity (Wildman–Crippen MR) is 119 cm³/mol. The van der Waals surface area contributed by atoms with E-state index in [0.29, 0.717) is 43.2 Å². The summed E-state index contributed by atoms with van der Waals surface area (Å²) in [5, 5.41) is 10.1. The zero-order valence-corrected chi connectivity index (χ0v) is 19.6. The summed E-state index contributed by atoms with van der Waals surface area (Å²) in [6.07, 6.45) is -2.50. The van der Waals surface area contributed by atoms with E-state index in [-0.39, 0.29) is 24.4 Å². The molecule has 0 bridgehead atoms. The summed E-state index contributed by atoms with van der Waals surface area (Å²) in [5.74, 6) is 0.160. The SMILES string of the molecule is CNCCN(C)Cc1cn[nH]c1-c1cc(C(F)(F)F)c(OCC(C)C)cc1OC1CCOC1. The number of nitrogens with one attached hydrogen (secondary N) is 2. The van der Waals surface area contributed by atoms with Gasteiger partial charge in [-0.1, -0.05) is 13.8 Å². The fraction of sp³-hybridized carbons (Fsp3) is 0.609. The smallest absolute Gasteiger partial charge is 0.419 e. The lowest BCUT2D eigenvalue weighted by Crippen LogP contribution is -2.27. The number of hydrogen-bond acceptors (Lipinski definition) is 6. The summed E-state index contributed by atoms with van der Waals surface area (Å²) in [6, 6.07) is 2.46. The molecular formula is C23H33F3N4O3. The molecule has 0 aliphatic carbocycles. The van der Waals surface area contributed by atoms with Crippen LogP contribution in [0, 0.1) is 5.92 Å². The first-order valence-electron chi connectivity index (χ1n) is 11.2. The highest BCUT2D eigenvalue weighted by molar-refractivity contribution is 5.73. The highest BCUT2D eigenvalue weighted by Gasteiger charge is 2.37. The lowest BCUT2D eigenvalue weighted by atomic mass is 10.0. The molecule has 0 radical (unpaired) electrons.